The average molecular weight is 410 g/mol. The van der Waals surface area contributed by atoms with E-state index in [1.165, 1.54) is 0 Å². The minimum Gasteiger partial charge on any atom is -0.491 e. The van der Waals surface area contributed by atoms with Crippen LogP contribution in [-0.2, 0) is 6.54 Å². The number of anilines is 1. The van der Waals surface area contributed by atoms with Gasteiger partial charge in [-0.3, -0.25) is 0 Å². The van der Waals surface area contributed by atoms with E-state index < -0.39 is 0 Å². The summed E-state index contributed by atoms with van der Waals surface area (Å²) in [6, 6.07) is 9.15. The lowest BCUT2D eigenvalue weighted by Crippen LogP contribution is -2.04. The zero-order valence-corrected chi connectivity index (χ0v) is 15.1. The van der Waals surface area contributed by atoms with Gasteiger partial charge in [-0.1, -0.05) is 46.9 Å². The van der Waals surface area contributed by atoms with E-state index in [-0.39, 0.29) is 0 Å². The number of nitrogens with one attached hydrogen (secondary N) is 1. The Bertz CT molecular complexity index is 649. The number of ether oxygens (including phenoxy) is 1. The largest absolute Gasteiger partial charge is 0.491 e. The van der Waals surface area contributed by atoms with Crippen LogP contribution in [0.4, 0.5) is 5.69 Å². The first-order valence-electron chi connectivity index (χ1n) is 6.31. The van der Waals surface area contributed by atoms with Gasteiger partial charge in [0.1, 0.15) is 0 Å². The zero-order chi connectivity index (χ0) is 15.4. The molecule has 1 N–H and O–H groups in total. The molecule has 2 rings (SSSR count). The molecule has 0 spiro atoms. The molecule has 6 heteroatoms. The Kier molecular flexibility index (Phi) is 6.06. The smallest absolute Gasteiger partial charge is 0.156 e. The lowest BCUT2D eigenvalue weighted by atomic mass is 10.2. The average Bonchev–Trinajstić information content (AvgIpc) is 2.44. The van der Waals surface area contributed by atoms with E-state index in [1.807, 2.05) is 25.1 Å². The summed E-state index contributed by atoms with van der Waals surface area (Å²) in [6.45, 7) is 3.01. The molecule has 0 radical (unpaired) electrons. The molecule has 0 bridgehead atoms. The summed E-state index contributed by atoms with van der Waals surface area (Å²) in [5.41, 5.74) is 1.70. The van der Waals surface area contributed by atoms with Crippen molar-refractivity contribution >= 4 is 56.4 Å². The molecule has 21 heavy (non-hydrogen) atoms. The second-order valence-electron chi connectivity index (χ2n) is 4.26. The maximum Gasteiger partial charge on any atom is 0.156 e. The van der Waals surface area contributed by atoms with E-state index in [9.17, 15) is 0 Å². The normalized spacial score (nSPS) is 10.5. The molecule has 0 atom stereocenters. The number of benzene rings is 2. The topological polar surface area (TPSA) is 21.3 Å². The van der Waals surface area contributed by atoms with Gasteiger partial charge < -0.3 is 10.1 Å². The highest BCUT2D eigenvalue weighted by molar-refractivity contribution is 9.10. The van der Waals surface area contributed by atoms with E-state index in [1.54, 1.807) is 12.1 Å². The molecule has 2 nitrogen and oxygen atoms in total. The maximum atomic E-state index is 6.18. The standard InChI is InChI=1S/C15H13BrCl3NO/c1-2-21-15-11(16)6-10(17)7-13(15)20-8-9-4-3-5-12(18)14(9)19/h3-7,20H,2,8H2,1H3. The zero-order valence-electron chi connectivity index (χ0n) is 11.2. The van der Waals surface area contributed by atoms with Gasteiger partial charge in [0.25, 0.3) is 0 Å². The lowest BCUT2D eigenvalue weighted by Gasteiger charge is -2.15. The summed E-state index contributed by atoms with van der Waals surface area (Å²) in [5.74, 6) is 0.722. The third kappa shape index (κ3) is 4.19. The molecule has 112 valence electrons. The van der Waals surface area contributed by atoms with Crippen molar-refractivity contribution in [3.05, 3.63) is 55.4 Å². The van der Waals surface area contributed by atoms with Crippen molar-refractivity contribution in [2.24, 2.45) is 0 Å². The molecule has 0 aliphatic rings. The van der Waals surface area contributed by atoms with Crippen molar-refractivity contribution in [3.8, 4) is 5.75 Å². The van der Waals surface area contributed by atoms with Crippen LogP contribution in [0, 0.1) is 0 Å². The van der Waals surface area contributed by atoms with Crippen LogP contribution in [0.5, 0.6) is 5.75 Å². The van der Waals surface area contributed by atoms with Crippen molar-refractivity contribution < 1.29 is 4.74 Å². The Morgan fingerprint density at radius 1 is 1.19 bits per heavy atom. The third-order valence-corrected chi connectivity index (χ3v) is 4.46. The van der Waals surface area contributed by atoms with Gasteiger partial charge in [0.05, 0.1) is 26.8 Å². The fraction of sp³-hybridized carbons (Fsp3) is 0.200. The van der Waals surface area contributed by atoms with Gasteiger partial charge in [-0.25, -0.2) is 0 Å². The molecular weight excluding hydrogens is 396 g/mol. The van der Waals surface area contributed by atoms with Crippen LogP contribution in [0.15, 0.2) is 34.8 Å². The molecule has 0 heterocycles. The second-order valence-corrected chi connectivity index (χ2v) is 6.34. The minimum absolute atomic E-state index is 0.520. The summed E-state index contributed by atoms with van der Waals surface area (Å²) < 4.78 is 6.44. The minimum atomic E-state index is 0.520. The molecule has 2 aromatic carbocycles. The molecule has 0 saturated heterocycles. The van der Waals surface area contributed by atoms with Crippen LogP contribution >= 0.6 is 50.7 Å². The molecule has 0 aliphatic carbocycles. The van der Waals surface area contributed by atoms with Gasteiger partial charge in [-0.15, -0.1) is 0 Å². The third-order valence-electron chi connectivity index (χ3n) is 2.80. The first-order chi connectivity index (χ1) is 10.0. The van der Waals surface area contributed by atoms with Crippen LogP contribution < -0.4 is 10.1 Å². The SMILES string of the molecule is CCOc1c(Br)cc(Cl)cc1NCc1cccc(Cl)c1Cl. The van der Waals surface area contributed by atoms with Crippen LogP contribution in [0.2, 0.25) is 15.1 Å². The van der Waals surface area contributed by atoms with Crippen LogP contribution in [-0.4, -0.2) is 6.61 Å². The van der Waals surface area contributed by atoms with Crippen molar-refractivity contribution in [1.82, 2.24) is 0 Å². The van der Waals surface area contributed by atoms with Gasteiger partial charge in [-0.05, 0) is 46.6 Å². The highest BCUT2D eigenvalue weighted by Crippen LogP contribution is 2.37. The Labute approximate surface area is 147 Å². The Morgan fingerprint density at radius 3 is 2.67 bits per heavy atom. The predicted octanol–water partition coefficient (Wildman–Crippen LogP) is 6.42. The quantitative estimate of drug-likeness (QED) is 0.615. The van der Waals surface area contributed by atoms with Crippen molar-refractivity contribution in [2.45, 2.75) is 13.5 Å². The van der Waals surface area contributed by atoms with E-state index in [0.29, 0.717) is 28.2 Å². The molecule has 0 amide bonds. The van der Waals surface area contributed by atoms with E-state index in [0.717, 1.165) is 21.5 Å². The fourth-order valence-corrected chi connectivity index (χ4v) is 3.17. The van der Waals surface area contributed by atoms with Gasteiger partial charge in [0.15, 0.2) is 5.75 Å². The van der Waals surface area contributed by atoms with Gasteiger partial charge in [0.2, 0.25) is 0 Å². The monoisotopic (exact) mass is 407 g/mol. The molecule has 0 aliphatic heterocycles. The molecule has 0 unspecified atom stereocenters. The highest BCUT2D eigenvalue weighted by atomic mass is 79.9. The summed E-state index contributed by atoms with van der Waals surface area (Å²) >= 11 is 21.7. The molecular formula is C15H13BrCl3NO. The van der Waals surface area contributed by atoms with Crippen molar-refractivity contribution in [2.75, 3.05) is 11.9 Å². The summed E-state index contributed by atoms with van der Waals surface area (Å²) in [5, 5.41) is 4.98. The molecule has 0 saturated carbocycles. The number of hydrogen-bond donors (Lipinski definition) is 1. The van der Waals surface area contributed by atoms with Gasteiger partial charge >= 0.3 is 0 Å². The number of rotatable bonds is 5. The highest BCUT2D eigenvalue weighted by Gasteiger charge is 2.11. The Morgan fingerprint density at radius 2 is 1.95 bits per heavy atom. The number of hydrogen-bond acceptors (Lipinski definition) is 2. The number of halogens is 4. The first kappa shape index (κ1) is 16.8. The van der Waals surface area contributed by atoms with E-state index in [2.05, 4.69) is 21.2 Å². The van der Waals surface area contributed by atoms with E-state index >= 15 is 0 Å². The Hall–Kier alpha value is -0.610. The molecule has 2 aromatic rings. The second kappa shape index (κ2) is 7.59. The van der Waals surface area contributed by atoms with Crippen molar-refractivity contribution in [3.63, 3.8) is 0 Å². The maximum absolute atomic E-state index is 6.18. The van der Waals surface area contributed by atoms with Crippen LogP contribution in [0.3, 0.4) is 0 Å². The first-order valence-corrected chi connectivity index (χ1v) is 8.24. The molecule has 0 aromatic heterocycles. The van der Waals surface area contributed by atoms with Gasteiger partial charge in [-0.2, -0.15) is 0 Å². The lowest BCUT2D eigenvalue weighted by molar-refractivity contribution is 0.339. The molecule has 0 fully saturated rings. The van der Waals surface area contributed by atoms with Crippen molar-refractivity contribution in [1.29, 1.82) is 0 Å². The van der Waals surface area contributed by atoms with E-state index in [4.69, 9.17) is 39.5 Å². The summed E-state index contributed by atoms with van der Waals surface area (Å²) in [4.78, 5) is 0. The van der Waals surface area contributed by atoms with Gasteiger partial charge in [0, 0.05) is 11.6 Å². The Balaban J connectivity index is 2.25. The van der Waals surface area contributed by atoms with Crippen LogP contribution in [0.1, 0.15) is 12.5 Å². The predicted molar refractivity (Wildman–Crippen MR) is 94.1 cm³/mol. The van der Waals surface area contributed by atoms with Crippen LogP contribution in [0.25, 0.3) is 0 Å². The fourth-order valence-electron chi connectivity index (χ4n) is 1.86. The summed E-state index contributed by atoms with van der Waals surface area (Å²) in [6.07, 6.45) is 0. The summed E-state index contributed by atoms with van der Waals surface area (Å²) in [7, 11) is 0.